The highest BCUT2D eigenvalue weighted by molar-refractivity contribution is 5.71. The standard InChI is InChI=1S/C20H38O5/c1-6-17(7-2)13-23-19(22)14(3)9-8-10-15(4)24-20-18(21)12-11-16(5)25-20/h14-18,20-21H,6-13H2,1-5H3/t14-,15-,16+,18?,20?/m1/s1. The Morgan fingerprint density at radius 3 is 2.52 bits per heavy atom. The first-order valence-corrected chi connectivity index (χ1v) is 10.0. The molecular weight excluding hydrogens is 320 g/mol. The van der Waals surface area contributed by atoms with E-state index in [9.17, 15) is 9.90 Å². The topological polar surface area (TPSA) is 65.0 Å². The number of carbonyl (C=O) groups excluding carboxylic acids is 1. The minimum absolute atomic E-state index is 0.00210. The van der Waals surface area contributed by atoms with E-state index in [1.807, 2.05) is 20.8 Å². The molecule has 1 saturated heterocycles. The number of aliphatic hydroxyl groups excluding tert-OH is 1. The lowest BCUT2D eigenvalue weighted by Crippen LogP contribution is -2.41. The van der Waals surface area contributed by atoms with Gasteiger partial charge in [0.25, 0.3) is 0 Å². The average molecular weight is 359 g/mol. The third-order valence-corrected chi connectivity index (χ3v) is 5.18. The molecule has 25 heavy (non-hydrogen) atoms. The summed E-state index contributed by atoms with van der Waals surface area (Å²) >= 11 is 0. The molecule has 5 heteroatoms. The molecule has 1 heterocycles. The van der Waals surface area contributed by atoms with Gasteiger partial charge >= 0.3 is 5.97 Å². The molecule has 0 bridgehead atoms. The minimum atomic E-state index is -0.544. The molecule has 0 aromatic carbocycles. The zero-order valence-corrected chi connectivity index (χ0v) is 16.7. The summed E-state index contributed by atoms with van der Waals surface area (Å²) in [6.45, 7) is 10.7. The second-order valence-corrected chi connectivity index (χ2v) is 7.55. The molecule has 0 aliphatic carbocycles. The van der Waals surface area contributed by atoms with Gasteiger partial charge in [-0.2, -0.15) is 0 Å². The van der Waals surface area contributed by atoms with Crippen molar-refractivity contribution >= 4 is 5.97 Å². The number of ether oxygens (including phenoxy) is 3. The van der Waals surface area contributed by atoms with E-state index in [1.54, 1.807) is 0 Å². The maximum Gasteiger partial charge on any atom is 0.308 e. The fourth-order valence-electron chi connectivity index (χ4n) is 3.04. The van der Waals surface area contributed by atoms with Crippen LogP contribution in [0.25, 0.3) is 0 Å². The Hall–Kier alpha value is -0.650. The van der Waals surface area contributed by atoms with Crippen molar-refractivity contribution in [1.29, 1.82) is 0 Å². The van der Waals surface area contributed by atoms with Crippen molar-refractivity contribution in [2.24, 2.45) is 11.8 Å². The van der Waals surface area contributed by atoms with Crippen LogP contribution in [0.5, 0.6) is 0 Å². The van der Waals surface area contributed by atoms with Gasteiger partial charge < -0.3 is 19.3 Å². The van der Waals surface area contributed by atoms with Crippen LogP contribution in [0.1, 0.15) is 79.6 Å². The Kier molecular flexibility index (Phi) is 10.6. The SMILES string of the molecule is CCC(CC)COC(=O)[C@H](C)CCC[C@@H](C)OC1O[C@@H](C)CCC1O. The monoisotopic (exact) mass is 358 g/mol. The fraction of sp³-hybridized carbons (Fsp3) is 0.950. The summed E-state index contributed by atoms with van der Waals surface area (Å²) in [7, 11) is 0. The van der Waals surface area contributed by atoms with Gasteiger partial charge in [-0.25, -0.2) is 0 Å². The molecule has 2 unspecified atom stereocenters. The number of hydrogen-bond acceptors (Lipinski definition) is 5. The molecule has 0 saturated carbocycles. The third kappa shape index (κ3) is 8.52. The van der Waals surface area contributed by atoms with Gasteiger partial charge in [-0.15, -0.1) is 0 Å². The normalized spacial score (nSPS) is 26.4. The van der Waals surface area contributed by atoms with Gasteiger partial charge in [0.15, 0.2) is 6.29 Å². The van der Waals surface area contributed by atoms with Gasteiger partial charge in [-0.05, 0) is 45.4 Å². The Bertz CT molecular complexity index is 369. The first kappa shape index (κ1) is 22.4. The summed E-state index contributed by atoms with van der Waals surface area (Å²) in [6, 6.07) is 0. The predicted octanol–water partition coefficient (Wildman–Crippen LogP) is 4.06. The summed E-state index contributed by atoms with van der Waals surface area (Å²) in [5.41, 5.74) is 0. The molecule has 1 aliphatic heterocycles. The van der Waals surface area contributed by atoms with Crippen LogP contribution in [0.2, 0.25) is 0 Å². The molecule has 5 nitrogen and oxygen atoms in total. The van der Waals surface area contributed by atoms with Gasteiger partial charge in [0.1, 0.15) is 6.10 Å². The number of esters is 1. The second kappa shape index (κ2) is 11.9. The predicted molar refractivity (Wildman–Crippen MR) is 98.2 cm³/mol. The van der Waals surface area contributed by atoms with E-state index in [2.05, 4.69) is 13.8 Å². The third-order valence-electron chi connectivity index (χ3n) is 5.18. The van der Waals surface area contributed by atoms with Gasteiger partial charge in [0.2, 0.25) is 0 Å². The Balaban J connectivity index is 2.20. The van der Waals surface area contributed by atoms with E-state index in [1.165, 1.54) is 0 Å². The zero-order chi connectivity index (χ0) is 18.8. The molecular formula is C20H38O5. The van der Waals surface area contributed by atoms with Crippen molar-refractivity contribution in [3.63, 3.8) is 0 Å². The van der Waals surface area contributed by atoms with Crippen LogP contribution in [-0.4, -0.2) is 42.3 Å². The average Bonchev–Trinajstić information content (AvgIpc) is 2.58. The molecule has 1 fully saturated rings. The van der Waals surface area contributed by atoms with Crippen molar-refractivity contribution in [2.45, 2.75) is 104 Å². The lowest BCUT2D eigenvalue weighted by atomic mass is 10.0. The minimum Gasteiger partial charge on any atom is -0.465 e. The van der Waals surface area contributed by atoms with E-state index in [4.69, 9.17) is 14.2 Å². The summed E-state index contributed by atoms with van der Waals surface area (Å²) in [5.74, 6) is 0.285. The Morgan fingerprint density at radius 2 is 1.88 bits per heavy atom. The first-order valence-electron chi connectivity index (χ1n) is 10.0. The molecule has 1 N–H and O–H groups in total. The van der Waals surface area contributed by atoms with Crippen molar-refractivity contribution in [2.75, 3.05) is 6.61 Å². The van der Waals surface area contributed by atoms with E-state index < -0.39 is 12.4 Å². The van der Waals surface area contributed by atoms with Gasteiger partial charge in [-0.3, -0.25) is 4.79 Å². The van der Waals surface area contributed by atoms with Crippen LogP contribution in [-0.2, 0) is 19.0 Å². The van der Waals surface area contributed by atoms with E-state index >= 15 is 0 Å². The highest BCUT2D eigenvalue weighted by atomic mass is 16.7. The highest BCUT2D eigenvalue weighted by Crippen LogP contribution is 2.23. The van der Waals surface area contributed by atoms with E-state index in [0.29, 0.717) is 12.5 Å². The summed E-state index contributed by atoms with van der Waals surface area (Å²) in [5, 5.41) is 9.96. The van der Waals surface area contributed by atoms with Crippen LogP contribution in [0.15, 0.2) is 0 Å². The highest BCUT2D eigenvalue weighted by Gasteiger charge is 2.29. The fourth-order valence-corrected chi connectivity index (χ4v) is 3.04. The van der Waals surface area contributed by atoms with Gasteiger partial charge in [-0.1, -0.05) is 40.0 Å². The van der Waals surface area contributed by atoms with Crippen LogP contribution in [0.3, 0.4) is 0 Å². The Labute approximate surface area is 153 Å². The summed E-state index contributed by atoms with van der Waals surface area (Å²) < 4.78 is 16.9. The van der Waals surface area contributed by atoms with Crippen molar-refractivity contribution in [1.82, 2.24) is 0 Å². The second-order valence-electron chi connectivity index (χ2n) is 7.55. The zero-order valence-electron chi connectivity index (χ0n) is 16.7. The van der Waals surface area contributed by atoms with E-state index in [0.717, 1.165) is 44.9 Å². The van der Waals surface area contributed by atoms with Crippen LogP contribution < -0.4 is 0 Å². The largest absolute Gasteiger partial charge is 0.465 e. The van der Waals surface area contributed by atoms with Gasteiger partial charge in [0, 0.05) is 0 Å². The number of carbonyl (C=O) groups is 1. The molecule has 0 spiro atoms. The molecule has 1 rings (SSSR count). The molecule has 0 radical (unpaired) electrons. The summed E-state index contributed by atoms with van der Waals surface area (Å²) in [4.78, 5) is 12.0. The lowest BCUT2D eigenvalue weighted by Gasteiger charge is -2.33. The van der Waals surface area contributed by atoms with Crippen molar-refractivity contribution in [3.05, 3.63) is 0 Å². The molecule has 148 valence electrons. The number of aliphatic hydroxyl groups is 1. The molecule has 0 amide bonds. The first-order chi connectivity index (χ1) is 11.9. The van der Waals surface area contributed by atoms with Gasteiger partial charge in [0.05, 0.1) is 24.7 Å². The van der Waals surface area contributed by atoms with Crippen LogP contribution >= 0.6 is 0 Å². The van der Waals surface area contributed by atoms with Crippen LogP contribution in [0.4, 0.5) is 0 Å². The van der Waals surface area contributed by atoms with Crippen molar-refractivity contribution in [3.8, 4) is 0 Å². The lowest BCUT2D eigenvalue weighted by molar-refractivity contribution is -0.251. The molecule has 5 atom stereocenters. The number of hydrogen-bond donors (Lipinski definition) is 1. The van der Waals surface area contributed by atoms with Crippen molar-refractivity contribution < 1.29 is 24.1 Å². The quantitative estimate of drug-likeness (QED) is 0.564. The molecule has 0 aromatic heterocycles. The maximum absolute atomic E-state index is 12.0. The van der Waals surface area contributed by atoms with E-state index in [-0.39, 0.29) is 24.1 Å². The Morgan fingerprint density at radius 1 is 1.20 bits per heavy atom. The smallest absolute Gasteiger partial charge is 0.308 e. The molecule has 0 aromatic rings. The molecule has 1 aliphatic rings. The summed E-state index contributed by atoms with van der Waals surface area (Å²) in [6.07, 6.45) is 5.25. The number of rotatable bonds is 11. The maximum atomic E-state index is 12.0. The van der Waals surface area contributed by atoms with Crippen LogP contribution in [0, 0.1) is 11.8 Å².